The molecule has 1 aromatic rings. The van der Waals surface area contributed by atoms with Crippen molar-refractivity contribution in [2.45, 2.75) is 57.7 Å². The first-order chi connectivity index (χ1) is 9.97. The summed E-state index contributed by atoms with van der Waals surface area (Å²) in [7, 11) is 0. The van der Waals surface area contributed by atoms with Crippen LogP contribution in [-0.2, 0) is 0 Å². The molecule has 0 heterocycles. The number of aryl methyl sites for hydroxylation is 2. The van der Waals surface area contributed by atoms with E-state index in [9.17, 15) is 4.39 Å². The monoisotopic (exact) mass is 306 g/mol. The molecule has 1 aromatic carbocycles. The zero-order chi connectivity index (χ0) is 14.8. The van der Waals surface area contributed by atoms with Crippen molar-refractivity contribution < 1.29 is 4.39 Å². The Hall–Kier alpha value is -0.560. The lowest BCUT2D eigenvalue weighted by Crippen LogP contribution is -2.47. The van der Waals surface area contributed by atoms with Crippen LogP contribution in [0.2, 0.25) is 0 Å². The van der Waals surface area contributed by atoms with Crippen molar-refractivity contribution in [3.05, 3.63) is 34.6 Å². The van der Waals surface area contributed by atoms with Crippen LogP contribution in [0, 0.1) is 42.8 Å². The van der Waals surface area contributed by atoms with Crippen molar-refractivity contribution in [3.63, 3.8) is 0 Å². The van der Waals surface area contributed by atoms with Crippen LogP contribution in [0.1, 0.15) is 60.6 Å². The molecule has 0 nitrogen and oxygen atoms in total. The largest absolute Gasteiger partial charge is 0.206 e. The molecule has 1 unspecified atom stereocenters. The third-order valence-electron chi connectivity index (χ3n) is 6.37. The summed E-state index contributed by atoms with van der Waals surface area (Å²) in [5.41, 5.74) is 2.91. The molecule has 4 bridgehead atoms. The molecule has 4 aliphatic rings. The number of halogens is 2. The Morgan fingerprint density at radius 2 is 1.43 bits per heavy atom. The van der Waals surface area contributed by atoms with Crippen molar-refractivity contribution in [2.24, 2.45) is 23.2 Å². The fraction of sp³-hybridized carbons (Fsp3) is 0.684. The predicted molar refractivity (Wildman–Crippen MR) is 85.1 cm³/mol. The molecular weight excluding hydrogens is 283 g/mol. The number of alkyl halides is 1. The molecule has 0 saturated heterocycles. The molecule has 4 fully saturated rings. The lowest BCUT2D eigenvalue weighted by molar-refractivity contribution is -0.0552. The van der Waals surface area contributed by atoms with E-state index in [2.05, 4.69) is 0 Å². The third kappa shape index (κ3) is 2.15. The van der Waals surface area contributed by atoms with E-state index in [-0.39, 0.29) is 16.6 Å². The molecule has 0 spiro atoms. The number of rotatable bonds is 2. The van der Waals surface area contributed by atoms with Gasteiger partial charge in [0.25, 0.3) is 0 Å². The van der Waals surface area contributed by atoms with Gasteiger partial charge in [-0.15, -0.1) is 11.6 Å². The van der Waals surface area contributed by atoms with E-state index in [0.717, 1.165) is 34.4 Å². The smallest absolute Gasteiger partial charge is 0.129 e. The first-order valence-corrected chi connectivity index (χ1v) is 8.81. The number of hydrogen-bond acceptors (Lipinski definition) is 0. The third-order valence-corrected chi connectivity index (χ3v) is 7.09. The van der Waals surface area contributed by atoms with Gasteiger partial charge < -0.3 is 0 Å². The average molecular weight is 307 g/mol. The van der Waals surface area contributed by atoms with Crippen LogP contribution in [0.25, 0.3) is 0 Å². The van der Waals surface area contributed by atoms with Gasteiger partial charge in [0.2, 0.25) is 0 Å². The van der Waals surface area contributed by atoms with Crippen LogP contribution in [-0.4, -0.2) is 0 Å². The molecule has 4 aliphatic carbocycles. The fourth-order valence-corrected chi connectivity index (χ4v) is 6.36. The topological polar surface area (TPSA) is 0 Å². The second kappa shape index (κ2) is 4.72. The Morgan fingerprint density at radius 3 is 1.86 bits per heavy atom. The van der Waals surface area contributed by atoms with Gasteiger partial charge in [-0.05, 0) is 92.2 Å². The Labute approximate surface area is 132 Å². The van der Waals surface area contributed by atoms with Crippen LogP contribution in [0.5, 0.6) is 0 Å². The van der Waals surface area contributed by atoms with Crippen LogP contribution in [0.15, 0.2) is 12.1 Å². The lowest BCUT2D eigenvalue weighted by Gasteiger charge is -2.58. The van der Waals surface area contributed by atoms with E-state index < -0.39 is 0 Å². The van der Waals surface area contributed by atoms with Crippen molar-refractivity contribution in [2.75, 3.05) is 0 Å². The van der Waals surface area contributed by atoms with Gasteiger partial charge in [0, 0.05) is 0 Å². The molecule has 0 radical (unpaired) electrons. The van der Waals surface area contributed by atoms with Gasteiger partial charge in [-0.2, -0.15) is 0 Å². The maximum Gasteiger partial charge on any atom is 0.129 e. The molecular formula is C19H24ClF. The highest BCUT2D eigenvalue weighted by Gasteiger charge is 2.54. The Balaban J connectivity index is 1.70. The summed E-state index contributed by atoms with van der Waals surface area (Å²) < 4.78 is 13.9. The minimum atomic E-state index is -0.0758. The van der Waals surface area contributed by atoms with Crippen LogP contribution in [0.3, 0.4) is 0 Å². The highest BCUT2D eigenvalue weighted by molar-refractivity contribution is 6.21. The van der Waals surface area contributed by atoms with Crippen LogP contribution >= 0.6 is 11.6 Å². The number of hydrogen-bond donors (Lipinski definition) is 0. The minimum Gasteiger partial charge on any atom is -0.206 e. The summed E-state index contributed by atoms with van der Waals surface area (Å²) >= 11 is 7.00. The first-order valence-electron chi connectivity index (χ1n) is 8.37. The average Bonchev–Trinajstić information content (AvgIpc) is 2.42. The maximum atomic E-state index is 13.9. The highest BCUT2D eigenvalue weighted by atomic mass is 35.5. The summed E-state index contributed by atoms with van der Waals surface area (Å²) in [6.45, 7) is 3.71. The van der Waals surface area contributed by atoms with Gasteiger partial charge in [-0.3, -0.25) is 0 Å². The van der Waals surface area contributed by atoms with E-state index in [1.165, 1.54) is 38.5 Å². The molecule has 5 rings (SSSR count). The van der Waals surface area contributed by atoms with Gasteiger partial charge in [-0.25, -0.2) is 4.39 Å². The first kappa shape index (κ1) is 14.1. The van der Waals surface area contributed by atoms with E-state index >= 15 is 0 Å². The fourth-order valence-electron chi connectivity index (χ4n) is 5.97. The van der Waals surface area contributed by atoms with Crippen molar-refractivity contribution in [1.82, 2.24) is 0 Å². The summed E-state index contributed by atoms with van der Waals surface area (Å²) in [5, 5.41) is 0.0592. The summed E-state index contributed by atoms with van der Waals surface area (Å²) in [6, 6.07) is 3.97. The quantitative estimate of drug-likeness (QED) is 0.593. The van der Waals surface area contributed by atoms with E-state index in [0.29, 0.717) is 0 Å². The molecule has 1 atom stereocenters. The molecule has 0 amide bonds. The van der Waals surface area contributed by atoms with Crippen molar-refractivity contribution >= 4 is 11.6 Å². The van der Waals surface area contributed by atoms with Crippen molar-refractivity contribution in [3.8, 4) is 0 Å². The van der Waals surface area contributed by atoms with Crippen LogP contribution < -0.4 is 0 Å². The number of benzene rings is 1. The summed E-state index contributed by atoms with van der Waals surface area (Å²) in [4.78, 5) is 0. The Morgan fingerprint density at radius 1 is 1.00 bits per heavy atom. The Kier molecular flexibility index (Phi) is 3.16. The lowest BCUT2D eigenvalue weighted by atomic mass is 9.48. The molecule has 0 aromatic heterocycles. The van der Waals surface area contributed by atoms with E-state index in [4.69, 9.17) is 11.6 Å². The summed E-state index contributed by atoms with van der Waals surface area (Å²) in [6.07, 6.45) is 8.19. The second-order valence-corrected chi connectivity index (χ2v) is 8.55. The maximum absolute atomic E-state index is 13.9. The predicted octanol–water partition coefficient (Wildman–Crippen LogP) is 5.94. The van der Waals surface area contributed by atoms with Gasteiger partial charge in [0.1, 0.15) is 5.82 Å². The van der Waals surface area contributed by atoms with Gasteiger partial charge in [0.15, 0.2) is 0 Å². The van der Waals surface area contributed by atoms with Gasteiger partial charge in [-0.1, -0.05) is 12.1 Å². The van der Waals surface area contributed by atoms with Gasteiger partial charge in [0.05, 0.1) is 5.38 Å². The molecule has 0 N–H and O–H groups in total. The minimum absolute atomic E-state index is 0.0592. The second-order valence-electron chi connectivity index (χ2n) is 8.11. The zero-order valence-electron chi connectivity index (χ0n) is 13.0. The Bertz CT molecular complexity index is 519. The zero-order valence-corrected chi connectivity index (χ0v) is 13.7. The van der Waals surface area contributed by atoms with E-state index in [1.807, 2.05) is 26.0 Å². The molecule has 114 valence electrons. The molecule has 2 heteroatoms. The SMILES string of the molecule is Cc1cc(C(Cl)C23CC4CC(CC(C4)C2)C3)cc(C)c1F. The summed E-state index contributed by atoms with van der Waals surface area (Å²) in [5.74, 6) is 2.63. The standard InChI is InChI=1S/C19H24ClF/c1-11-3-16(4-12(2)17(11)21)18(20)19-8-13-5-14(9-19)7-15(6-13)10-19/h3-4,13-15,18H,5-10H2,1-2H3. The molecule has 0 aliphatic heterocycles. The normalized spacial score (nSPS) is 38.8. The van der Waals surface area contributed by atoms with Crippen LogP contribution in [0.4, 0.5) is 4.39 Å². The molecule has 21 heavy (non-hydrogen) atoms. The highest BCUT2D eigenvalue weighted by Crippen LogP contribution is 2.65. The van der Waals surface area contributed by atoms with E-state index in [1.54, 1.807) is 0 Å². The van der Waals surface area contributed by atoms with Gasteiger partial charge >= 0.3 is 0 Å². The molecule has 4 saturated carbocycles. The van der Waals surface area contributed by atoms with Crippen molar-refractivity contribution in [1.29, 1.82) is 0 Å².